The van der Waals surface area contributed by atoms with E-state index in [2.05, 4.69) is 5.32 Å². The molecule has 0 bridgehead atoms. The van der Waals surface area contributed by atoms with Crippen molar-refractivity contribution < 1.29 is 9.59 Å². The van der Waals surface area contributed by atoms with Crippen LogP contribution in [0.4, 0.5) is 5.69 Å². The SMILES string of the molecule is CN(C)C(=O)c1ccc(NC(=O)CCCCN)cc1. The van der Waals surface area contributed by atoms with Gasteiger partial charge in [-0.2, -0.15) is 0 Å². The minimum atomic E-state index is -0.0548. The Morgan fingerprint density at radius 1 is 1.16 bits per heavy atom. The lowest BCUT2D eigenvalue weighted by Crippen LogP contribution is -2.21. The fourth-order valence-corrected chi connectivity index (χ4v) is 1.61. The molecule has 0 saturated carbocycles. The van der Waals surface area contributed by atoms with Gasteiger partial charge in [-0.1, -0.05) is 0 Å². The lowest BCUT2D eigenvalue weighted by atomic mass is 10.1. The Balaban J connectivity index is 2.52. The van der Waals surface area contributed by atoms with E-state index in [0.717, 1.165) is 12.8 Å². The van der Waals surface area contributed by atoms with Crippen molar-refractivity contribution in [3.05, 3.63) is 29.8 Å². The first-order chi connectivity index (χ1) is 9.04. The van der Waals surface area contributed by atoms with Crippen LogP contribution in [0.2, 0.25) is 0 Å². The van der Waals surface area contributed by atoms with Gasteiger partial charge in [-0.05, 0) is 43.7 Å². The van der Waals surface area contributed by atoms with Crippen molar-refractivity contribution in [1.29, 1.82) is 0 Å². The van der Waals surface area contributed by atoms with E-state index in [1.165, 1.54) is 4.90 Å². The minimum absolute atomic E-state index is 0.0277. The van der Waals surface area contributed by atoms with E-state index < -0.39 is 0 Å². The topological polar surface area (TPSA) is 75.4 Å². The Labute approximate surface area is 113 Å². The van der Waals surface area contributed by atoms with Crippen LogP contribution in [0, 0.1) is 0 Å². The Kier molecular flexibility index (Phi) is 6.02. The van der Waals surface area contributed by atoms with E-state index in [-0.39, 0.29) is 11.8 Å². The average Bonchev–Trinajstić information content (AvgIpc) is 2.39. The molecule has 1 aromatic carbocycles. The summed E-state index contributed by atoms with van der Waals surface area (Å²) in [6.45, 7) is 0.606. The molecule has 0 saturated heterocycles. The second-order valence-electron chi connectivity index (χ2n) is 4.57. The molecular weight excluding hydrogens is 242 g/mol. The van der Waals surface area contributed by atoms with Gasteiger partial charge in [-0.25, -0.2) is 0 Å². The predicted octanol–water partition coefficient (Wildman–Crippen LogP) is 1.46. The van der Waals surface area contributed by atoms with Gasteiger partial charge in [0.1, 0.15) is 0 Å². The third kappa shape index (κ3) is 5.09. The van der Waals surface area contributed by atoms with Gasteiger partial charge in [-0.3, -0.25) is 9.59 Å². The highest BCUT2D eigenvalue weighted by Gasteiger charge is 2.08. The van der Waals surface area contributed by atoms with Crippen molar-refractivity contribution in [2.24, 2.45) is 5.73 Å². The third-order valence-electron chi connectivity index (χ3n) is 2.68. The van der Waals surface area contributed by atoms with Gasteiger partial charge in [0.15, 0.2) is 0 Å². The number of hydrogen-bond donors (Lipinski definition) is 2. The van der Waals surface area contributed by atoms with E-state index in [1.807, 2.05) is 0 Å². The van der Waals surface area contributed by atoms with Crippen LogP contribution in [0.5, 0.6) is 0 Å². The van der Waals surface area contributed by atoms with Crippen molar-refractivity contribution in [2.45, 2.75) is 19.3 Å². The third-order valence-corrected chi connectivity index (χ3v) is 2.68. The Hall–Kier alpha value is -1.88. The molecule has 1 rings (SSSR count). The van der Waals surface area contributed by atoms with Crippen LogP contribution >= 0.6 is 0 Å². The van der Waals surface area contributed by atoms with Gasteiger partial charge in [0.2, 0.25) is 5.91 Å². The van der Waals surface area contributed by atoms with Crippen molar-refractivity contribution in [1.82, 2.24) is 4.90 Å². The van der Waals surface area contributed by atoms with E-state index in [9.17, 15) is 9.59 Å². The monoisotopic (exact) mass is 263 g/mol. The molecule has 5 heteroatoms. The minimum Gasteiger partial charge on any atom is -0.345 e. The fraction of sp³-hybridized carbons (Fsp3) is 0.429. The van der Waals surface area contributed by atoms with Crippen LogP contribution in [0.15, 0.2) is 24.3 Å². The van der Waals surface area contributed by atoms with Gasteiger partial charge >= 0.3 is 0 Å². The molecule has 0 heterocycles. The smallest absolute Gasteiger partial charge is 0.253 e. The van der Waals surface area contributed by atoms with Crippen molar-refractivity contribution >= 4 is 17.5 Å². The number of carbonyl (C=O) groups excluding carboxylic acids is 2. The molecule has 0 unspecified atom stereocenters. The molecule has 3 N–H and O–H groups in total. The molecule has 0 aliphatic carbocycles. The maximum absolute atomic E-state index is 11.7. The maximum atomic E-state index is 11.7. The lowest BCUT2D eigenvalue weighted by molar-refractivity contribution is -0.116. The van der Waals surface area contributed by atoms with Gasteiger partial charge in [0.05, 0.1) is 0 Å². The normalized spacial score (nSPS) is 10.1. The fourth-order valence-electron chi connectivity index (χ4n) is 1.61. The second-order valence-corrected chi connectivity index (χ2v) is 4.57. The summed E-state index contributed by atoms with van der Waals surface area (Å²) in [7, 11) is 3.41. The first kappa shape index (κ1) is 15.2. The van der Waals surface area contributed by atoms with Crippen LogP contribution in [0.25, 0.3) is 0 Å². The van der Waals surface area contributed by atoms with Gasteiger partial charge < -0.3 is 16.0 Å². The van der Waals surface area contributed by atoms with E-state index in [4.69, 9.17) is 5.73 Å². The number of anilines is 1. The first-order valence-electron chi connectivity index (χ1n) is 6.36. The molecular formula is C14H21N3O2. The number of benzene rings is 1. The number of nitrogens with two attached hydrogens (primary N) is 1. The van der Waals surface area contributed by atoms with Crippen molar-refractivity contribution in [2.75, 3.05) is 26.0 Å². The zero-order valence-electron chi connectivity index (χ0n) is 11.5. The summed E-state index contributed by atoms with van der Waals surface area (Å²) in [4.78, 5) is 24.8. The number of hydrogen-bond acceptors (Lipinski definition) is 3. The van der Waals surface area contributed by atoms with Crippen LogP contribution < -0.4 is 11.1 Å². The zero-order valence-corrected chi connectivity index (χ0v) is 11.5. The molecule has 0 spiro atoms. The summed E-state index contributed by atoms with van der Waals surface area (Å²) < 4.78 is 0. The number of carbonyl (C=O) groups is 2. The summed E-state index contributed by atoms with van der Waals surface area (Å²) in [6, 6.07) is 6.88. The molecule has 0 aliphatic heterocycles. The number of rotatable bonds is 6. The lowest BCUT2D eigenvalue weighted by Gasteiger charge is -2.11. The molecule has 19 heavy (non-hydrogen) atoms. The van der Waals surface area contributed by atoms with Gasteiger partial charge in [0.25, 0.3) is 5.91 Å². The number of nitrogens with zero attached hydrogens (tertiary/aromatic N) is 1. The molecule has 0 aliphatic rings. The molecule has 1 aromatic rings. The highest BCUT2D eigenvalue weighted by molar-refractivity contribution is 5.95. The Morgan fingerprint density at radius 3 is 2.32 bits per heavy atom. The summed E-state index contributed by atoms with van der Waals surface area (Å²) in [5.74, 6) is -0.0824. The van der Waals surface area contributed by atoms with E-state index in [1.54, 1.807) is 38.4 Å². The zero-order chi connectivity index (χ0) is 14.3. The molecule has 0 aromatic heterocycles. The van der Waals surface area contributed by atoms with E-state index in [0.29, 0.717) is 24.2 Å². The summed E-state index contributed by atoms with van der Waals surface area (Å²) in [6.07, 6.45) is 2.11. The Morgan fingerprint density at radius 2 is 1.79 bits per heavy atom. The van der Waals surface area contributed by atoms with Crippen molar-refractivity contribution in [3.8, 4) is 0 Å². The molecule has 0 atom stereocenters. The van der Waals surface area contributed by atoms with Gasteiger partial charge in [0, 0.05) is 31.8 Å². The Bertz CT molecular complexity index is 427. The molecule has 0 fully saturated rings. The van der Waals surface area contributed by atoms with Gasteiger partial charge in [-0.15, -0.1) is 0 Å². The highest BCUT2D eigenvalue weighted by Crippen LogP contribution is 2.11. The van der Waals surface area contributed by atoms with Crippen LogP contribution in [-0.2, 0) is 4.79 Å². The molecule has 0 radical (unpaired) electrons. The van der Waals surface area contributed by atoms with Crippen LogP contribution in [0.1, 0.15) is 29.6 Å². The standard InChI is InChI=1S/C14H21N3O2/c1-17(2)14(19)11-6-8-12(9-7-11)16-13(18)5-3-4-10-15/h6-9H,3-5,10,15H2,1-2H3,(H,16,18). The van der Waals surface area contributed by atoms with E-state index >= 15 is 0 Å². The van der Waals surface area contributed by atoms with Crippen molar-refractivity contribution in [3.63, 3.8) is 0 Å². The maximum Gasteiger partial charge on any atom is 0.253 e. The largest absolute Gasteiger partial charge is 0.345 e. The average molecular weight is 263 g/mol. The number of nitrogens with one attached hydrogen (secondary N) is 1. The first-order valence-corrected chi connectivity index (χ1v) is 6.36. The second kappa shape index (κ2) is 7.53. The molecule has 5 nitrogen and oxygen atoms in total. The number of unbranched alkanes of at least 4 members (excludes halogenated alkanes) is 1. The predicted molar refractivity (Wildman–Crippen MR) is 76.0 cm³/mol. The molecule has 104 valence electrons. The number of amides is 2. The van der Waals surface area contributed by atoms with Crippen LogP contribution in [-0.4, -0.2) is 37.4 Å². The quantitative estimate of drug-likeness (QED) is 0.763. The summed E-state index contributed by atoms with van der Waals surface area (Å²) in [5, 5.41) is 2.79. The van der Waals surface area contributed by atoms with Crippen LogP contribution in [0.3, 0.4) is 0 Å². The summed E-state index contributed by atoms with van der Waals surface area (Å²) >= 11 is 0. The highest BCUT2D eigenvalue weighted by atomic mass is 16.2. The molecule has 2 amide bonds. The summed E-state index contributed by atoms with van der Waals surface area (Å²) in [5.41, 5.74) is 6.67.